The van der Waals surface area contributed by atoms with Gasteiger partial charge in [0.2, 0.25) is 0 Å². The summed E-state index contributed by atoms with van der Waals surface area (Å²) in [5.41, 5.74) is 1.36. The van der Waals surface area contributed by atoms with Crippen LogP contribution in [0.25, 0.3) is 10.6 Å². The van der Waals surface area contributed by atoms with Gasteiger partial charge in [-0.2, -0.15) is 0 Å². The monoisotopic (exact) mass is 472 g/mol. The van der Waals surface area contributed by atoms with Crippen LogP contribution >= 0.6 is 11.3 Å². The van der Waals surface area contributed by atoms with Crippen molar-refractivity contribution in [3.8, 4) is 10.6 Å². The van der Waals surface area contributed by atoms with Crippen LogP contribution in [0.15, 0.2) is 35.8 Å². The Morgan fingerprint density at radius 2 is 1.85 bits per heavy atom. The SMILES string of the molecule is CC(NC(=O)OC(C)(C)C)NC(=O)C(=O)N1C[C@@H](C)CC[C@@H]1c1ccc(-c2nccs2)cc1. The Labute approximate surface area is 198 Å². The summed E-state index contributed by atoms with van der Waals surface area (Å²) in [6.45, 7) is 9.41. The first-order valence-electron chi connectivity index (χ1n) is 11.1. The minimum Gasteiger partial charge on any atom is -0.444 e. The molecule has 9 heteroatoms. The molecule has 1 aromatic carbocycles. The van der Waals surface area contributed by atoms with Gasteiger partial charge in [0, 0.05) is 23.7 Å². The predicted molar refractivity (Wildman–Crippen MR) is 127 cm³/mol. The number of piperidine rings is 1. The van der Waals surface area contributed by atoms with Crippen molar-refractivity contribution < 1.29 is 19.1 Å². The number of carbonyl (C=O) groups excluding carboxylic acids is 3. The fourth-order valence-electron chi connectivity index (χ4n) is 3.85. The van der Waals surface area contributed by atoms with E-state index in [1.54, 1.807) is 50.1 Å². The van der Waals surface area contributed by atoms with Gasteiger partial charge in [-0.15, -0.1) is 11.3 Å². The Hall–Kier alpha value is -2.94. The van der Waals surface area contributed by atoms with Crippen molar-refractivity contribution in [2.45, 2.75) is 65.3 Å². The summed E-state index contributed by atoms with van der Waals surface area (Å²) in [4.78, 5) is 43.7. The van der Waals surface area contributed by atoms with Gasteiger partial charge in [0.05, 0.1) is 6.04 Å². The third-order valence-electron chi connectivity index (χ3n) is 5.33. The van der Waals surface area contributed by atoms with Crippen LogP contribution in [-0.2, 0) is 14.3 Å². The Morgan fingerprint density at radius 1 is 1.15 bits per heavy atom. The largest absolute Gasteiger partial charge is 0.444 e. The molecule has 2 aromatic rings. The van der Waals surface area contributed by atoms with E-state index >= 15 is 0 Å². The summed E-state index contributed by atoms with van der Waals surface area (Å²) in [7, 11) is 0. The van der Waals surface area contributed by atoms with E-state index in [1.807, 2.05) is 29.6 Å². The molecule has 33 heavy (non-hydrogen) atoms. The fourth-order valence-corrected chi connectivity index (χ4v) is 4.49. The standard InChI is InChI=1S/C24H32N4O4S/c1-15-6-11-19(17-7-9-18(10-8-17)21-25-12-13-33-21)28(14-15)22(30)20(29)26-16(2)27-23(31)32-24(3,4)5/h7-10,12-13,15-16,19H,6,11,14H2,1-5H3,(H,26,29)(H,27,31)/t15-,16?,19+/m0/s1. The lowest BCUT2D eigenvalue weighted by molar-refractivity contribution is -0.149. The van der Waals surface area contributed by atoms with E-state index in [0.717, 1.165) is 29.0 Å². The van der Waals surface area contributed by atoms with Crippen molar-refractivity contribution in [1.29, 1.82) is 0 Å². The Kier molecular flexibility index (Phi) is 7.73. The van der Waals surface area contributed by atoms with E-state index < -0.39 is 29.7 Å². The first kappa shape index (κ1) is 24.7. The lowest BCUT2D eigenvalue weighted by atomic mass is 9.89. The smallest absolute Gasteiger partial charge is 0.409 e. The zero-order valence-electron chi connectivity index (χ0n) is 19.8. The van der Waals surface area contributed by atoms with Crippen molar-refractivity contribution in [3.05, 3.63) is 41.4 Å². The molecule has 1 aromatic heterocycles. The summed E-state index contributed by atoms with van der Waals surface area (Å²) in [5, 5.41) is 7.96. The summed E-state index contributed by atoms with van der Waals surface area (Å²) in [6, 6.07) is 7.83. The average molecular weight is 473 g/mol. The highest BCUT2D eigenvalue weighted by molar-refractivity contribution is 7.13. The molecule has 1 unspecified atom stereocenters. The van der Waals surface area contributed by atoms with Gasteiger partial charge in [-0.25, -0.2) is 9.78 Å². The van der Waals surface area contributed by atoms with Crippen LogP contribution in [0.2, 0.25) is 0 Å². The Balaban J connectivity index is 1.67. The second-order valence-electron chi connectivity index (χ2n) is 9.46. The number of ether oxygens (including phenoxy) is 1. The molecule has 0 radical (unpaired) electrons. The summed E-state index contributed by atoms with van der Waals surface area (Å²) in [6.07, 6.45) is 2.11. The average Bonchev–Trinajstić information content (AvgIpc) is 3.26. The van der Waals surface area contributed by atoms with Crippen molar-refractivity contribution in [2.24, 2.45) is 5.92 Å². The number of nitrogens with zero attached hydrogens (tertiary/aromatic N) is 2. The molecule has 8 nitrogen and oxygen atoms in total. The highest BCUT2D eigenvalue weighted by Gasteiger charge is 2.34. The van der Waals surface area contributed by atoms with Gasteiger partial charge in [-0.1, -0.05) is 31.2 Å². The number of alkyl carbamates (subject to hydrolysis) is 1. The van der Waals surface area contributed by atoms with Crippen LogP contribution in [0.4, 0.5) is 4.79 Å². The number of nitrogens with one attached hydrogen (secondary N) is 2. The number of hydrogen-bond donors (Lipinski definition) is 2. The maximum absolute atomic E-state index is 13.1. The summed E-state index contributed by atoms with van der Waals surface area (Å²) < 4.78 is 5.19. The Morgan fingerprint density at radius 3 is 2.45 bits per heavy atom. The van der Waals surface area contributed by atoms with E-state index in [0.29, 0.717) is 12.5 Å². The van der Waals surface area contributed by atoms with Crippen LogP contribution < -0.4 is 10.6 Å². The molecular formula is C24H32N4O4S. The molecule has 3 atom stereocenters. The number of rotatable bonds is 4. The van der Waals surface area contributed by atoms with Crippen molar-refractivity contribution in [3.63, 3.8) is 0 Å². The lowest BCUT2D eigenvalue weighted by Crippen LogP contribution is -2.53. The second-order valence-corrected chi connectivity index (χ2v) is 10.4. The predicted octanol–water partition coefficient (Wildman–Crippen LogP) is 4.10. The molecule has 0 saturated carbocycles. The first-order valence-corrected chi connectivity index (χ1v) is 12.0. The van der Waals surface area contributed by atoms with Crippen LogP contribution in [0.1, 0.15) is 59.1 Å². The zero-order chi connectivity index (χ0) is 24.2. The topological polar surface area (TPSA) is 101 Å². The van der Waals surface area contributed by atoms with Gasteiger partial charge >= 0.3 is 17.9 Å². The van der Waals surface area contributed by atoms with Crippen LogP contribution in [0, 0.1) is 5.92 Å². The first-order chi connectivity index (χ1) is 15.5. The number of carbonyl (C=O) groups is 3. The van der Waals surface area contributed by atoms with Gasteiger partial charge in [-0.3, -0.25) is 9.59 Å². The molecular weight excluding hydrogens is 440 g/mol. The number of benzene rings is 1. The van der Waals surface area contributed by atoms with E-state index in [1.165, 1.54) is 0 Å². The number of thiazole rings is 1. The fraction of sp³-hybridized carbons (Fsp3) is 0.500. The summed E-state index contributed by atoms with van der Waals surface area (Å²) in [5.74, 6) is -1.06. The maximum atomic E-state index is 13.1. The molecule has 3 amide bonds. The number of likely N-dealkylation sites (tertiary alicyclic amines) is 1. The van der Waals surface area contributed by atoms with Crippen LogP contribution in [0.5, 0.6) is 0 Å². The number of amides is 3. The molecule has 0 spiro atoms. The Bertz CT molecular complexity index is 969. The van der Waals surface area contributed by atoms with Crippen LogP contribution in [-0.4, -0.2) is 46.1 Å². The molecule has 0 bridgehead atoms. The molecule has 2 heterocycles. The van der Waals surface area contributed by atoms with Crippen molar-refractivity contribution >= 4 is 29.2 Å². The molecule has 0 aliphatic carbocycles. The minimum atomic E-state index is -0.755. The van der Waals surface area contributed by atoms with E-state index in [9.17, 15) is 14.4 Å². The molecule has 1 aliphatic rings. The minimum absolute atomic E-state index is 0.182. The summed E-state index contributed by atoms with van der Waals surface area (Å²) >= 11 is 1.57. The quantitative estimate of drug-likeness (QED) is 0.515. The van der Waals surface area contributed by atoms with Crippen molar-refractivity contribution in [1.82, 2.24) is 20.5 Å². The number of hydrogen-bond acceptors (Lipinski definition) is 6. The lowest BCUT2D eigenvalue weighted by Gasteiger charge is -2.38. The number of aromatic nitrogens is 1. The second kappa shape index (κ2) is 10.3. The molecule has 1 saturated heterocycles. The molecule has 178 valence electrons. The van der Waals surface area contributed by atoms with E-state index in [-0.39, 0.29) is 6.04 Å². The van der Waals surface area contributed by atoms with Gasteiger partial charge in [0.1, 0.15) is 16.8 Å². The van der Waals surface area contributed by atoms with E-state index in [2.05, 4.69) is 22.5 Å². The highest BCUT2D eigenvalue weighted by atomic mass is 32.1. The van der Waals surface area contributed by atoms with Crippen molar-refractivity contribution in [2.75, 3.05) is 6.54 Å². The molecule has 1 aliphatic heterocycles. The molecule has 3 rings (SSSR count). The third kappa shape index (κ3) is 6.77. The maximum Gasteiger partial charge on any atom is 0.409 e. The molecule has 1 fully saturated rings. The molecule has 2 N–H and O–H groups in total. The van der Waals surface area contributed by atoms with E-state index in [4.69, 9.17) is 4.74 Å². The van der Waals surface area contributed by atoms with Crippen LogP contribution in [0.3, 0.4) is 0 Å². The zero-order valence-corrected chi connectivity index (χ0v) is 20.6. The van der Waals surface area contributed by atoms with Gasteiger partial charge in [0.25, 0.3) is 0 Å². The van der Waals surface area contributed by atoms with Gasteiger partial charge < -0.3 is 20.3 Å². The third-order valence-corrected chi connectivity index (χ3v) is 6.15. The highest BCUT2D eigenvalue weighted by Crippen LogP contribution is 2.34. The van der Waals surface area contributed by atoms with Gasteiger partial charge in [-0.05, 0) is 52.0 Å². The van der Waals surface area contributed by atoms with Gasteiger partial charge in [0.15, 0.2) is 0 Å². The normalized spacial score (nSPS) is 19.5.